The number of methoxy groups -OCH3 is 2. The van der Waals surface area contributed by atoms with Crippen LogP contribution in [-0.2, 0) is 0 Å². The molecule has 1 amide bonds. The van der Waals surface area contributed by atoms with Gasteiger partial charge in [0.2, 0.25) is 5.88 Å². The quantitative estimate of drug-likeness (QED) is 0.216. The Kier molecular flexibility index (Phi) is 7.07. The fraction of sp³-hybridized carbons (Fsp3) is 0.194. The molecule has 1 fully saturated rings. The van der Waals surface area contributed by atoms with Gasteiger partial charge in [0.05, 0.1) is 26.1 Å². The number of rotatable bonds is 9. The van der Waals surface area contributed by atoms with Gasteiger partial charge in [-0.25, -0.2) is 18.3 Å². The molecule has 0 aliphatic heterocycles. The molecule has 0 spiro atoms. The molecule has 1 saturated carbocycles. The number of nitrogens with one attached hydrogen (secondary N) is 1. The van der Waals surface area contributed by atoms with E-state index in [9.17, 15) is 13.6 Å². The summed E-state index contributed by atoms with van der Waals surface area (Å²) in [4.78, 5) is 17.2. The topological polar surface area (TPSA) is 96.2 Å². The lowest BCUT2D eigenvalue weighted by Crippen LogP contribution is -2.26. The van der Waals surface area contributed by atoms with Gasteiger partial charge < -0.3 is 24.3 Å². The highest BCUT2D eigenvalue weighted by atomic mass is 19.1. The van der Waals surface area contributed by atoms with Crippen molar-refractivity contribution < 1.29 is 32.5 Å². The van der Waals surface area contributed by atoms with Gasteiger partial charge in [-0.15, -0.1) is 5.10 Å². The van der Waals surface area contributed by atoms with E-state index in [1.807, 2.05) is 19.1 Å². The summed E-state index contributed by atoms with van der Waals surface area (Å²) in [6, 6.07) is 15.5. The summed E-state index contributed by atoms with van der Waals surface area (Å²) < 4.78 is 52.2. The van der Waals surface area contributed by atoms with E-state index < -0.39 is 11.6 Å². The van der Waals surface area contributed by atoms with Gasteiger partial charge in [-0.2, -0.15) is 0 Å². The number of hydrogen-bond acceptors (Lipinski definition) is 7. The van der Waals surface area contributed by atoms with E-state index in [1.165, 1.54) is 55.1 Å². The fourth-order valence-corrected chi connectivity index (χ4v) is 4.48. The number of hydrogen-bond donors (Lipinski definition) is 1. The Morgan fingerprint density at radius 2 is 1.55 bits per heavy atom. The summed E-state index contributed by atoms with van der Waals surface area (Å²) in [6.45, 7) is 1.86. The smallest absolute Gasteiger partial charge is 0.251 e. The van der Waals surface area contributed by atoms with Crippen LogP contribution in [0.3, 0.4) is 0 Å². The van der Waals surface area contributed by atoms with Crippen LogP contribution in [0.15, 0.2) is 66.9 Å². The molecule has 0 saturated heterocycles. The Labute approximate surface area is 239 Å². The van der Waals surface area contributed by atoms with Crippen molar-refractivity contribution >= 4 is 11.6 Å². The van der Waals surface area contributed by atoms with Crippen LogP contribution in [0, 0.1) is 18.6 Å². The largest absolute Gasteiger partial charge is 0.494 e. The number of carbonyl (C=O) groups excluding carboxylic acids is 1. The molecule has 0 unspecified atom stereocenters. The first kappa shape index (κ1) is 27.0. The fourth-order valence-electron chi connectivity index (χ4n) is 4.48. The van der Waals surface area contributed by atoms with Crippen LogP contribution < -0.4 is 24.3 Å². The van der Waals surface area contributed by atoms with E-state index in [0.29, 0.717) is 16.9 Å². The van der Waals surface area contributed by atoms with Gasteiger partial charge in [-0.1, -0.05) is 6.07 Å². The number of fused-ring (bicyclic) bond motifs is 1. The van der Waals surface area contributed by atoms with E-state index in [-0.39, 0.29) is 46.6 Å². The molecule has 42 heavy (non-hydrogen) atoms. The Hall–Kier alpha value is -5.19. The molecule has 1 N–H and O–H groups in total. The van der Waals surface area contributed by atoms with Crippen molar-refractivity contribution in [1.29, 1.82) is 0 Å². The number of ether oxygens (including phenoxy) is 4. The highest BCUT2D eigenvalue weighted by molar-refractivity contribution is 5.96. The lowest BCUT2D eigenvalue weighted by molar-refractivity contribution is 0.0950. The van der Waals surface area contributed by atoms with Crippen LogP contribution in [0.5, 0.6) is 34.6 Å². The van der Waals surface area contributed by atoms with Crippen molar-refractivity contribution in [1.82, 2.24) is 19.9 Å². The molecule has 2 aromatic heterocycles. The zero-order valence-electron chi connectivity index (χ0n) is 23.0. The van der Waals surface area contributed by atoms with Gasteiger partial charge in [0.25, 0.3) is 5.91 Å². The lowest BCUT2D eigenvalue weighted by Gasteiger charge is -2.13. The number of imidazole rings is 1. The Balaban J connectivity index is 1.41. The van der Waals surface area contributed by atoms with Crippen molar-refractivity contribution in [3.05, 3.63) is 89.6 Å². The van der Waals surface area contributed by atoms with Gasteiger partial charge >= 0.3 is 0 Å². The summed E-state index contributed by atoms with van der Waals surface area (Å²) in [5, 5.41) is 7.59. The second-order valence-electron chi connectivity index (χ2n) is 9.80. The summed E-state index contributed by atoms with van der Waals surface area (Å²) in [6.07, 6.45) is 3.61. The maximum absolute atomic E-state index is 14.4. The minimum Gasteiger partial charge on any atom is -0.494 e. The van der Waals surface area contributed by atoms with Gasteiger partial charge in [0.1, 0.15) is 11.5 Å². The van der Waals surface area contributed by atoms with Crippen LogP contribution in [-0.4, -0.2) is 40.8 Å². The van der Waals surface area contributed by atoms with Crippen molar-refractivity contribution in [3.8, 4) is 45.9 Å². The number of nitrogens with zero attached hydrogens (tertiary/aromatic N) is 3. The second-order valence-corrected chi connectivity index (χ2v) is 9.80. The zero-order valence-corrected chi connectivity index (χ0v) is 23.0. The molecular weight excluding hydrogens is 546 g/mol. The van der Waals surface area contributed by atoms with Crippen molar-refractivity contribution in [2.75, 3.05) is 14.2 Å². The molecule has 214 valence electrons. The first-order valence-corrected chi connectivity index (χ1v) is 13.2. The minimum absolute atomic E-state index is 0.0625. The average molecular weight is 573 g/mol. The third kappa shape index (κ3) is 5.40. The summed E-state index contributed by atoms with van der Waals surface area (Å²) in [5.41, 5.74) is 3.02. The predicted molar refractivity (Wildman–Crippen MR) is 150 cm³/mol. The monoisotopic (exact) mass is 572 g/mol. The standard InChI is InChI=1S/C31H26F2N4O5/c1-17-12-18(4-9-22(17)31(38)35-19-5-6-19)25-16-34-30-28(41-20-7-10-26(39-2)23(32)13-20)15-29(36-37(25)30)42-21-8-11-27(40-3)24(33)14-21/h4,7-16,19H,5-6H2,1-3H3,(H,35,38). The third-order valence-electron chi connectivity index (χ3n) is 6.79. The lowest BCUT2D eigenvalue weighted by atomic mass is 10.0. The summed E-state index contributed by atoms with van der Waals surface area (Å²) in [5.74, 6) is -0.545. The molecule has 9 nitrogen and oxygen atoms in total. The SMILES string of the molecule is COc1ccc(Oc2cc(Oc3ccc(OC)c(F)c3)c3ncc(-c4ccc(C(=O)NC5CC5)c(C)c4)n3n2)cc1F. The second kappa shape index (κ2) is 11.0. The van der Waals surface area contributed by atoms with Gasteiger partial charge in [-0.05, 0) is 61.7 Å². The Morgan fingerprint density at radius 3 is 2.14 bits per heavy atom. The van der Waals surface area contributed by atoms with E-state index in [0.717, 1.165) is 24.0 Å². The molecule has 2 heterocycles. The number of benzene rings is 3. The highest BCUT2D eigenvalue weighted by Gasteiger charge is 2.25. The Morgan fingerprint density at radius 1 is 0.881 bits per heavy atom. The molecule has 1 aliphatic carbocycles. The van der Waals surface area contributed by atoms with Crippen molar-refractivity contribution in [2.45, 2.75) is 25.8 Å². The number of amides is 1. The van der Waals surface area contributed by atoms with Crippen molar-refractivity contribution in [2.24, 2.45) is 0 Å². The first-order chi connectivity index (χ1) is 20.3. The summed E-state index contributed by atoms with van der Waals surface area (Å²) in [7, 11) is 2.74. The maximum Gasteiger partial charge on any atom is 0.251 e. The molecule has 1 aliphatic rings. The minimum atomic E-state index is -0.606. The number of halogens is 2. The van der Waals surface area contributed by atoms with Gasteiger partial charge in [-0.3, -0.25) is 4.79 Å². The predicted octanol–water partition coefficient (Wildman–Crippen LogP) is 6.48. The van der Waals surface area contributed by atoms with Crippen LogP contribution in [0.25, 0.3) is 16.9 Å². The number of carbonyl (C=O) groups is 1. The van der Waals surface area contributed by atoms with Crippen LogP contribution >= 0.6 is 0 Å². The van der Waals surface area contributed by atoms with Gasteiger partial charge in [0.15, 0.2) is 34.5 Å². The van der Waals surface area contributed by atoms with Crippen LogP contribution in [0.4, 0.5) is 8.78 Å². The van der Waals surface area contributed by atoms with Gasteiger partial charge in [0, 0.05) is 35.4 Å². The zero-order chi connectivity index (χ0) is 29.4. The van der Waals surface area contributed by atoms with Crippen LogP contribution in [0.1, 0.15) is 28.8 Å². The van der Waals surface area contributed by atoms with E-state index in [4.69, 9.17) is 18.9 Å². The summed E-state index contributed by atoms with van der Waals surface area (Å²) >= 11 is 0. The molecule has 11 heteroatoms. The molecule has 3 aromatic carbocycles. The van der Waals surface area contributed by atoms with E-state index in [1.54, 1.807) is 18.3 Å². The normalized spacial score (nSPS) is 12.7. The molecule has 0 bridgehead atoms. The number of aromatic nitrogens is 3. The highest BCUT2D eigenvalue weighted by Crippen LogP contribution is 2.35. The molecule has 0 radical (unpaired) electrons. The van der Waals surface area contributed by atoms with Crippen LogP contribution in [0.2, 0.25) is 0 Å². The van der Waals surface area contributed by atoms with Crippen molar-refractivity contribution in [3.63, 3.8) is 0 Å². The first-order valence-electron chi connectivity index (χ1n) is 13.2. The average Bonchev–Trinajstić information content (AvgIpc) is 3.68. The van der Waals surface area contributed by atoms with E-state index >= 15 is 0 Å². The molecule has 5 aromatic rings. The number of aryl methyl sites for hydroxylation is 1. The van der Waals surface area contributed by atoms with E-state index in [2.05, 4.69) is 15.4 Å². The third-order valence-corrected chi connectivity index (χ3v) is 6.79. The maximum atomic E-state index is 14.4. The Bertz CT molecular complexity index is 1820. The molecule has 6 rings (SSSR count). The molecular formula is C31H26F2N4O5. The molecule has 0 atom stereocenters.